The molecule has 2 atom stereocenters. The summed E-state index contributed by atoms with van der Waals surface area (Å²) in [5, 5.41) is 0. The Morgan fingerprint density at radius 1 is 0.506 bits per heavy atom. The zero-order chi connectivity index (χ0) is 59.7. The van der Waals surface area contributed by atoms with Crippen molar-refractivity contribution in [3.8, 4) is 0 Å². The summed E-state index contributed by atoms with van der Waals surface area (Å²) >= 11 is 2.17. The zero-order valence-electron chi connectivity index (χ0n) is 54.4. The van der Waals surface area contributed by atoms with Crippen molar-refractivity contribution in [3.63, 3.8) is 0 Å². The van der Waals surface area contributed by atoms with E-state index < -0.39 is 0 Å². The number of anilines is 8. The molecule has 6 heteroatoms. The number of hydrogen-bond donors (Lipinski definition) is 0. The first kappa shape index (κ1) is 55.6. The van der Waals surface area contributed by atoms with Gasteiger partial charge in [0.2, 0.25) is 0 Å². The summed E-state index contributed by atoms with van der Waals surface area (Å²) in [4.78, 5) is 9.92. The van der Waals surface area contributed by atoms with E-state index in [2.05, 4.69) is 259 Å². The fourth-order valence-corrected chi connectivity index (χ4v) is 19.4. The van der Waals surface area contributed by atoms with Crippen LogP contribution in [0.4, 0.5) is 45.5 Å². The van der Waals surface area contributed by atoms with Gasteiger partial charge < -0.3 is 19.1 Å². The Bertz CT molecular complexity index is 4030. The van der Waals surface area contributed by atoms with Gasteiger partial charge in [0.25, 0.3) is 6.71 Å². The van der Waals surface area contributed by atoms with Crippen molar-refractivity contribution in [3.05, 3.63) is 170 Å². The highest BCUT2D eigenvalue weighted by Gasteiger charge is 2.53. The van der Waals surface area contributed by atoms with Crippen molar-refractivity contribution < 1.29 is 4.42 Å². The van der Waals surface area contributed by atoms with E-state index in [1.165, 1.54) is 131 Å². The number of aryl methyl sites for hydroxylation is 1. The van der Waals surface area contributed by atoms with E-state index in [-0.39, 0.29) is 62.0 Å². The molecule has 0 saturated heterocycles. The number of hydrogen-bond acceptors (Lipinski definition) is 5. The van der Waals surface area contributed by atoms with Crippen LogP contribution in [-0.4, -0.2) is 6.71 Å². The molecule has 5 aromatic carbocycles. The van der Waals surface area contributed by atoms with Crippen LogP contribution in [-0.2, 0) is 49.7 Å². The molecular formula is C79H92BN3OS. The molecule has 0 saturated carbocycles. The van der Waals surface area contributed by atoms with Crippen molar-refractivity contribution in [2.75, 3.05) is 14.7 Å². The predicted molar refractivity (Wildman–Crippen MR) is 365 cm³/mol. The Hall–Kier alpha value is -5.98. The quantitative estimate of drug-likeness (QED) is 0.160. The number of thiophene rings is 1. The van der Waals surface area contributed by atoms with Crippen LogP contribution >= 0.6 is 11.3 Å². The van der Waals surface area contributed by atoms with E-state index in [1.54, 1.807) is 10.4 Å². The summed E-state index contributed by atoms with van der Waals surface area (Å²) < 4.78 is 8.82. The zero-order valence-corrected chi connectivity index (χ0v) is 55.2. The summed E-state index contributed by atoms with van der Waals surface area (Å²) in [6.45, 7) is 42.7. The fourth-order valence-electron chi connectivity index (χ4n) is 17.6. The largest absolute Gasteiger partial charge is 0.463 e. The molecule has 2 unspecified atom stereocenters. The van der Waals surface area contributed by atoms with Gasteiger partial charge in [-0.2, -0.15) is 11.3 Å². The van der Waals surface area contributed by atoms with Gasteiger partial charge in [-0.3, -0.25) is 0 Å². The Morgan fingerprint density at radius 2 is 1.02 bits per heavy atom. The van der Waals surface area contributed by atoms with Gasteiger partial charge >= 0.3 is 0 Å². The average Bonchev–Trinajstić information content (AvgIpc) is 1.68. The van der Waals surface area contributed by atoms with Crippen molar-refractivity contribution in [2.45, 2.75) is 231 Å². The third-order valence-corrected chi connectivity index (χ3v) is 25.1. The molecule has 0 bridgehead atoms. The van der Waals surface area contributed by atoms with Gasteiger partial charge in [0.15, 0.2) is 0 Å². The maximum absolute atomic E-state index is 7.30. The number of fused-ring (bicyclic) bond motifs is 12. The number of furan rings is 1. The van der Waals surface area contributed by atoms with Crippen LogP contribution in [0.25, 0.3) is 12.2 Å². The standard InChI is InChI=1S/C79H92BN3OS/c1-47-27-30-53-52-25-21-22-26-64(52)84-69(53)67(47)81(48-23-19-18-20-24-48)51-43-62-66-63(44-51)83(50-29-32-55-57(42-50)75(8,9)36-34-73(55,4)5)68-65-70(79(16,17)40-39-78(65,14)15)85-71(68)80(66)60-45-58-59(77(12,13)38-37-76(58,10)11)46-61(60)82(62)49-28-31-54-56(41-49)74(6,7)35-33-72(54,2)3/h18-21,23-25,27-32,41-47,67H,22,26,33-40H2,1-17H3. The van der Waals surface area contributed by atoms with Gasteiger partial charge in [0, 0.05) is 72.9 Å². The summed E-state index contributed by atoms with van der Waals surface area (Å²) in [5.41, 5.74) is 26.4. The third-order valence-electron chi connectivity index (χ3n) is 23.5. The molecule has 4 nitrogen and oxygen atoms in total. The van der Waals surface area contributed by atoms with Crippen molar-refractivity contribution in [1.29, 1.82) is 0 Å². The maximum atomic E-state index is 7.30. The Labute approximate surface area is 514 Å². The number of rotatable bonds is 5. The van der Waals surface area contributed by atoms with E-state index in [1.807, 2.05) is 0 Å². The van der Waals surface area contributed by atoms with Gasteiger partial charge in [-0.1, -0.05) is 178 Å². The van der Waals surface area contributed by atoms with E-state index >= 15 is 0 Å². The first-order valence-electron chi connectivity index (χ1n) is 32.8. The molecule has 0 fully saturated rings. The minimum absolute atomic E-state index is 0.00259. The molecule has 0 spiro atoms. The van der Waals surface area contributed by atoms with Crippen molar-refractivity contribution in [1.82, 2.24) is 0 Å². The molecule has 15 rings (SSSR count). The summed E-state index contributed by atoms with van der Waals surface area (Å²) in [5.74, 6) is 2.34. The molecule has 2 aliphatic heterocycles. The summed E-state index contributed by atoms with van der Waals surface area (Å²) in [6.07, 6.45) is 20.7. The van der Waals surface area contributed by atoms with Gasteiger partial charge in [-0.15, -0.1) is 0 Å². The van der Waals surface area contributed by atoms with Gasteiger partial charge in [0.05, 0.1) is 11.7 Å². The monoisotopic (exact) mass is 1140 g/mol. The maximum Gasteiger partial charge on any atom is 0.264 e. The van der Waals surface area contributed by atoms with Crippen LogP contribution in [0.5, 0.6) is 0 Å². The lowest BCUT2D eigenvalue weighted by Gasteiger charge is -2.49. The molecule has 6 aliphatic carbocycles. The Morgan fingerprint density at radius 3 is 1.62 bits per heavy atom. The number of allylic oxidation sites excluding steroid dienone is 1. The molecule has 7 aromatic rings. The van der Waals surface area contributed by atoms with Crippen LogP contribution in [0.3, 0.4) is 0 Å². The highest BCUT2D eigenvalue weighted by atomic mass is 32.1. The molecule has 438 valence electrons. The van der Waals surface area contributed by atoms with E-state index in [9.17, 15) is 0 Å². The van der Waals surface area contributed by atoms with Crippen LogP contribution < -0.4 is 30.4 Å². The first-order chi connectivity index (χ1) is 40.0. The minimum Gasteiger partial charge on any atom is -0.463 e. The number of benzene rings is 5. The first-order valence-corrected chi connectivity index (χ1v) is 33.6. The van der Waals surface area contributed by atoms with Gasteiger partial charge in [-0.25, -0.2) is 0 Å². The summed E-state index contributed by atoms with van der Waals surface area (Å²) in [7, 11) is 0. The third kappa shape index (κ3) is 8.10. The molecule has 8 aliphatic rings. The second-order valence-electron chi connectivity index (χ2n) is 33.0. The Balaban J connectivity index is 1.11. The van der Waals surface area contributed by atoms with Crippen molar-refractivity contribution in [2.24, 2.45) is 5.92 Å². The van der Waals surface area contributed by atoms with E-state index in [4.69, 9.17) is 4.42 Å². The molecular weight excluding hydrogens is 1050 g/mol. The molecule has 2 aromatic heterocycles. The average molecular weight is 1140 g/mol. The second-order valence-corrected chi connectivity index (χ2v) is 34.1. The molecule has 4 heterocycles. The number of para-hydroxylation sites is 1. The second kappa shape index (κ2) is 18.1. The molecule has 0 radical (unpaired) electrons. The topological polar surface area (TPSA) is 22.9 Å². The van der Waals surface area contributed by atoms with Crippen LogP contribution in [0, 0.1) is 5.92 Å². The van der Waals surface area contributed by atoms with Crippen LogP contribution in [0.2, 0.25) is 0 Å². The van der Waals surface area contributed by atoms with Crippen LogP contribution in [0.15, 0.2) is 108 Å². The minimum atomic E-state index is -0.110. The number of nitrogens with zero attached hydrogens (tertiary/aromatic N) is 3. The van der Waals surface area contributed by atoms with Gasteiger partial charge in [0.1, 0.15) is 11.5 Å². The smallest absolute Gasteiger partial charge is 0.264 e. The van der Waals surface area contributed by atoms with E-state index in [0.29, 0.717) is 0 Å². The highest BCUT2D eigenvalue weighted by Crippen LogP contribution is 2.60. The predicted octanol–water partition coefficient (Wildman–Crippen LogP) is 20.3. The molecule has 85 heavy (non-hydrogen) atoms. The lowest BCUT2D eigenvalue weighted by molar-refractivity contribution is 0.332. The van der Waals surface area contributed by atoms with E-state index in [0.717, 1.165) is 50.0 Å². The van der Waals surface area contributed by atoms with Crippen molar-refractivity contribution >= 4 is 91.4 Å². The normalized spacial score (nSPS) is 23.7. The Kier molecular flexibility index (Phi) is 11.8. The molecule has 0 amide bonds. The molecule has 0 N–H and O–H groups in total. The lowest BCUT2D eigenvalue weighted by Crippen LogP contribution is -2.61. The SMILES string of the molecule is CC1C=Cc2c(oc3c2C=CCC3)C1N(c1ccccc1)c1cc2c3c(c1)N(c1ccc4c(c1)C(C)(C)CCC4(C)C)c1c(sc4c1C(C)(C)CCC4(C)C)B3c1cc3c(cc1N2c1ccc2c(c1)C(C)(C)CCC2(C)C)C(C)(C)CCC3(C)C. The highest BCUT2D eigenvalue weighted by molar-refractivity contribution is 7.29. The summed E-state index contributed by atoms with van der Waals surface area (Å²) in [6, 6.07) is 37.5. The van der Waals surface area contributed by atoms with Gasteiger partial charge in [-0.05, 0) is 206 Å². The fraction of sp³-hybridized carbons (Fsp3) is 0.468. The van der Waals surface area contributed by atoms with Crippen LogP contribution in [0.1, 0.15) is 248 Å². The lowest BCUT2D eigenvalue weighted by atomic mass is 9.35.